The summed E-state index contributed by atoms with van der Waals surface area (Å²) in [5.74, 6) is -0.00934. The highest BCUT2D eigenvalue weighted by molar-refractivity contribution is 5.80. The van der Waals surface area contributed by atoms with E-state index in [0.717, 1.165) is 35.8 Å². The molecule has 1 fully saturated rings. The fraction of sp³-hybridized carbons (Fsp3) is 0.484. The number of anilines is 1. The van der Waals surface area contributed by atoms with Crippen molar-refractivity contribution in [1.82, 2.24) is 14.9 Å². The summed E-state index contributed by atoms with van der Waals surface area (Å²) >= 11 is 0. The van der Waals surface area contributed by atoms with Crippen LogP contribution in [0.4, 0.5) is 5.69 Å². The fourth-order valence-electron chi connectivity index (χ4n) is 4.10. The van der Waals surface area contributed by atoms with Gasteiger partial charge >= 0.3 is 5.97 Å². The Morgan fingerprint density at radius 3 is 2.38 bits per heavy atom. The predicted octanol–water partition coefficient (Wildman–Crippen LogP) is 4.65. The second kappa shape index (κ2) is 16.4. The highest BCUT2D eigenvalue weighted by Crippen LogP contribution is 2.27. The summed E-state index contributed by atoms with van der Waals surface area (Å²) in [6.07, 6.45) is 1.33. The number of nitrogens with one attached hydrogen (secondary N) is 1. The molecular formula is C31H44N4O5. The molecule has 1 aliphatic rings. The van der Waals surface area contributed by atoms with E-state index in [4.69, 9.17) is 9.47 Å². The fourth-order valence-corrected chi connectivity index (χ4v) is 4.10. The Labute approximate surface area is 237 Å². The molecule has 1 saturated heterocycles. The van der Waals surface area contributed by atoms with E-state index in [9.17, 15) is 14.4 Å². The molecule has 0 bridgehead atoms. The lowest BCUT2D eigenvalue weighted by molar-refractivity contribution is -0.141. The van der Waals surface area contributed by atoms with Crippen LogP contribution >= 0.6 is 0 Å². The molecule has 3 aromatic rings. The number of nitrogens with zero attached hydrogens (tertiary/aromatic N) is 3. The molecule has 2 heterocycles. The molecule has 1 aromatic heterocycles. The van der Waals surface area contributed by atoms with Crippen molar-refractivity contribution in [1.29, 1.82) is 0 Å². The minimum Gasteiger partial charge on any atom is -0.469 e. The van der Waals surface area contributed by atoms with Crippen LogP contribution in [0.25, 0.3) is 10.9 Å². The van der Waals surface area contributed by atoms with Gasteiger partial charge in [0.2, 0.25) is 5.91 Å². The number of hydrogen-bond donors (Lipinski definition) is 1. The summed E-state index contributed by atoms with van der Waals surface area (Å²) < 4.78 is 11.6. The molecule has 1 N–H and O–H groups in total. The number of methoxy groups -OCH3 is 1. The van der Waals surface area contributed by atoms with Crippen molar-refractivity contribution in [3.63, 3.8) is 0 Å². The second-order valence-electron chi connectivity index (χ2n) is 9.97. The van der Waals surface area contributed by atoms with Crippen LogP contribution in [-0.2, 0) is 25.6 Å². The number of carbonyl (C=O) groups excluding carboxylic acids is 2. The number of aromatic nitrogens is 2. The molecule has 40 heavy (non-hydrogen) atoms. The van der Waals surface area contributed by atoms with Gasteiger partial charge < -0.3 is 19.7 Å². The number of hydrogen-bond acceptors (Lipinski definition) is 7. The molecule has 0 saturated carbocycles. The number of esters is 1. The first-order valence-electron chi connectivity index (χ1n) is 13.9. The molecule has 1 atom stereocenters. The Hall–Kier alpha value is -3.72. The van der Waals surface area contributed by atoms with Crippen LogP contribution in [-0.4, -0.2) is 54.8 Å². The van der Waals surface area contributed by atoms with E-state index in [0.29, 0.717) is 24.1 Å². The SMILES string of the molecule is CC.CC(C)C.COC(=O)CC(NC(=O)Cn1cnc2ccccc2c1=O)c1ccc(C)c(N2CCOCC2)c1. The standard InChI is InChI=1S/C25H28N4O5.C4H10.C2H6/c1-17-7-8-18(13-22(17)28-9-11-34-12-10-28)21(14-24(31)33-2)27-23(30)15-29-16-26-20-6-4-3-5-19(20)25(29)32;1-4(2)3;1-2/h3-8,13,16,21H,9-12,14-15H2,1-2H3,(H,27,30);4H,1-3H3;1-2H3. The lowest BCUT2D eigenvalue weighted by Gasteiger charge is -2.31. The summed E-state index contributed by atoms with van der Waals surface area (Å²) in [6, 6.07) is 12.3. The Bertz CT molecular complexity index is 1300. The van der Waals surface area contributed by atoms with Crippen molar-refractivity contribution in [3.05, 3.63) is 70.3 Å². The van der Waals surface area contributed by atoms with Gasteiger partial charge in [-0.2, -0.15) is 0 Å². The highest BCUT2D eigenvalue weighted by atomic mass is 16.5. The first-order chi connectivity index (χ1) is 19.2. The third kappa shape index (κ3) is 9.48. The molecule has 218 valence electrons. The summed E-state index contributed by atoms with van der Waals surface area (Å²) in [5, 5.41) is 3.34. The minimum atomic E-state index is -0.607. The molecule has 1 unspecified atom stereocenters. The maximum absolute atomic E-state index is 12.9. The van der Waals surface area contributed by atoms with Gasteiger partial charge in [0.25, 0.3) is 5.56 Å². The molecule has 1 aliphatic heterocycles. The molecule has 9 nitrogen and oxygen atoms in total. The van der Waals surface area contributed by atoms with Crippen molar-refractivity contribution in [2.75, 3.05) is 38.3 Å². The lowest BCUT2D eigenvalue weighted by atomic mass is 10.00. The predicted molar refractivity (Wildman–Crippen MR) is 160 cm³/mol. The van der Waals surface area contributed by atoms with E-state index < -0.39 is 17.9 Å². The van der Waals surface area contributed by atoms with Gasteiger partial charge in [0.1, 0.15) is 6.54 Å². The van der Waals surface area contributed by atoms with E-state index in [1.54, 1.807) is 24.3 Å². The molecule has 9 heteroatoms. The Kier molecular flexibility index (Phi) is 13.3. The van der Waals surface area contributed by atoms with Gasteiger partial charge in [0, 0.05) is 18.8 Å². The minimum absolute atomic E-state index is 0.0290. The first kappa shape index (κ1) is 32.5. The zero-order chi connectivity index (χ0) is 29.7. The second-order valence-corrected chi connectivity index (χ2v) is 9.97. The lowest BCUT2D eigenvalue weighted by Crippen LogP contribution is -2.37. The molecule has 1 amide bonds. The van der Waals surface area contributed by atoms with Crippen LogP contribution in [0.15, 0.2) is 53.6 Å². The number of fused-ring (bicyclic) bond motifs is 1. The van der Waals surface area contributed by atoms with Gasteiger partial charge in [-0.15, -0.1) is 0 Å². The number of amides is 1. The third-order valence-electron chi connectivity index (χ3n) is 5.97. The molecule has 0 radical (unpaired) electrons. The summed E-state index contributed by atoms with van der Waals surface area (Å²) in [6.45, 7) is 15.2. The van der Waals surface area contributed by atoms with Crippen LogP contribution in [0, 0.1) is 12.8 Å². The number of rotatable bonds is 7. The van der Waals surface area contributed by atoms with Crippen molar-refractivity contribution in [2.24, 2.45) is 5.92 Å². The van der Waals surface area contributed by atoms with E-state index in [1.807, 2.05) is 39.0 Å². The highest BCUT2D eigenvalue weighted by Gasteiger charge is 2.22. The zero-order valence-corrected chi connectivity index (χ0v) is 24.9. The maximum Gasteiger partial charge on any atom is 0.307 e. The average Bonchev–Trinajstić information content (AvgIpc) is 2.96. The summed E-state index contributed by atoms with van der Waals surface area (Å²) in [4.78, 5) is 44.3. The number of aryl methyl sites for hydroxylation is 1. The summed E-state index contributed by atoms with van der Waals surface area (Å²) in [7, 11) is 1.32. The van der Waals surface area contributed by atoms with Gasteiger partial charge in [-0.3, -0.25) is 19.0 Å². The third-order valence-corrected chi connectivity index (χ3v) is 5.97. The van der Waals surface area contributed by atoms with Crippen LogP contribution in [0.1, 0.15) is 58.2 Å². The van der Waals surface area contributed by atoms with Gasteiger partial charge in [0.15, 0.2) is 0 Å². The largest absolute Gasteiger partial charge is 0.469 e. The van der Waals surface area contributed by atoms with Crippen molar-refractivity contribution in [3.8, 4) is 0 Å². The van der Waals surface area contributed by atoms with Crippen molar-refractivity contribution >= 4 is 28.5 Å². The van der Waals surface area contributed by atoms with Crippen molar-refractivity contribution in [2.45, 2.75) is 60.5 Å². The number of ether oxygens (including phenoxy) is 2. The van der Waals surface area contributed by atoms with Gasteiger partial charge in [0.05, 0.1) is 50.0 Å². The van der Waals surface area contributed by atoms with Crippen LogP contribution in [0.2, 0.25) is 0 Å². The Morgan fingerprint density at radius 2 is 1.73 bits per heavy atom. The zero-order valence-electron chi connectivity index (χ0n) is 24.9. The van der Waals surface area contributed by atoms with Crippen LogP contribution in [0.5, 0.6) is 0 Å². The normalized spacial score (nSPS) is 13.4. The Morgan fingerprint density at radius 1 is 1.07 bits per heavy atom. The Balaban J connectivity index is 0.000000858. The molecule has 0 spiro atoms. The van der Waals surface area contributed by atoms with E-state index >= 15 is 0 Å². The molecule has 0 aliphatic carbocycles. The summed E-state index contributed by atoms with van der Waals surface area (Å²) in [5.41, 5.74) is 3.20. The van der Waals surface area contributed by atoms with Gasteiger partial charge in [-0.25, -0.2) is 4.98 Å². The van der Waals surface area contributed by atoms with E-state index in [2.05, 4.69) is 36.0 Å². The number of morpholine rings is 1. The number of para-hydroxylation sites is 1. The van der Waals surface area contributed by atoms with E-state index in [1.165, 1.54) is 18.0 Å². The number of benzene rings is 2. The molecule has 4 rings (SSSR count). The monoisotopic (exact) mass is 552 g/mol. The van der Waals surface area contributed by atoms with Crippen LogP contribution < -0.4 is 15.8 Å². The first-order valence-corrected chi connectivity index (χ1v) is 13.9. The number of carbonyl (C=O) groups is 2. The molecular weight excluding hydrogens is 508 g/mol. The van der Waals surface area contributed by atoms with E-state index in [-0.39, 0.29) is 18.5 Å². The smallest absolute Gasteiger partial charge is 0.307 e. The van der Waals surface area contributed by atoms with Crippen LogP contribution in [0.3, 0.4) is 0 Å². The molecule has 2 aromatic carbocycles. The average molecular weight is 553 g/mol. The van der Waals surface area contributed by atoms with Gasteiger partial charge in [-0.05, 0) is 42.2 Å². The van der Waals surface area contributed by atoms with Gasteiger partial charge in [-0.1, -0.05) is 58.9 Å². The topological polar surface area (TPSA) is 103 Å². The quantitative estimate of drug-likeness (QED) is 0.426. The van der Waals surface area contributed by atoms with Crippen molar-refractivity contribution < 1.29 is 19.1 Å². The maximum atomic E-state index is 12.9.